The number of aliphatic imine (C=N–C) groups is 1. The number of nitrogens with one attached hydrogen (secondary N) is 2. The number of aryl methyl sites for hydroxylation is 2. The average Bonchev–Trinajstić information content (AvgIpc) is 2.50. The van der Waals surface area contributed by atoms with E-state index in [1.165, 1.54) is 16.7 Å². The van der Waals surface area contributed by atoms with Crippen LogP contribution in [0, 0.1) is 13.8 Å². The molecule has 0 radical (unpaired) electrons. The lowest BCUT2D eigenvalue weighted by atomic mass is 10.1. The van der Waals surface area contributed by atoms with E-state index in [1.807, 2.05) is 18.2 Å². The first-order valence-corrected chi connectivity index (χ1v) is 7.59. The zero-order valence-corrected chi connectivity index (χ0v) is 13.6. The quantitative estimate of drug-likeness (QED) is 0.658. The summed E-state index contributed by atoms with van der Waals surface area (Å²) in [5.74, 6) is 0.801. The molecule has 0 bridgehead atoms. The van der Waals surface area contributed by atoms with Crippen LogP contribution in [0.3, 0.4) is 0 Å². The predicted octanol–water partition coefficient (Wildman–Crippen LogP) is 2.61. The van der Waals surface area contributed by atoms with Crippen LogP contribution in [0.4, 0.5) is 0 Å². The minimum atomic E-state index is 0.671. The molecule has 0 aliphatic carbocycles. The number of hydrogen-bond donors (Lipinski definition) is 2. The molecule has 0 saturated carbocycles. The first-order valence-electron chi connectivity index (χ1n) is 7.59. The summed E-state index contributed by atoms with van der Waals surface area (Å²) < 4.78 is 0. The predicted molar refractivity (Wildman–Crippen MR) is 92.1 cm³/mol. The van der Waals surface area contributed by atoms with Gasteiger partial charge in [-0.25, -0.2) is 0 Å². The highest BCUT2D eigenvalue weighted by Gasteiger charge is 2.00. The van der Waals surface area contributed by atoms with Gasteiger partial charge >= 0.3 is 0 Å². The number of benzene rings is 1. The maximum atomic E-state index is 4.29. The Morgan fingerprint density at radius 3 is 2.50 bits per heavy atom. The van der Waals surface area contributed by atoms with Crippen molar-refractivity contribution in [2.75, 3.05) is 13.6 Å². The highest BCUT2D eigenvalue weighted by molar-refractivity contribution is 5.79. The highest BCUT2D eigenvalue weighted by Crippen LogP contribution is 2.08. The molecule has 2 N–H and O–H groups in total. The Balaban J connectivity index is 1.79. The summed E-state index contributed by atoms with van der Waals surface area (Å²) in [6, 6.07) is 12.6. The maximum Gasteiger partial charge on any atom is 0.191 e. The minimum Gasteiger partial charge on any atom is -0.356 e. The third-order valence-corrected chi connectivity index (χ3v) is 3.37. The molecule has 0 spiro atoms. The van der Waals surface area contributed by atoms with Gasteiger partial charge in [0.2, 0.25) is 0 Å². The molecular weight excluding hydrogens is 272 g/mol. The van der Waals surface area contributed by atoms with Crippen molar-refractivity contribution in [1.82, 2.24) is 15.6 Å². The summed E-state index contributed by atoms with van der Waals surface area (Å²) in [6.07, 6.45) is 2.78. The van der Waals surface area contributed by atoms with E-state index in [4.69, 9.17) is 0 Å². The van der Waals surface area contributed by atoms with Gasteiger partial charge in [-0.15, -0.1) is 0 Å². The van der Waals surface area contributed by atoms with Crippen LogP contribution in [0.1, 0.15) is 22.4 Å². The van der Waals surface area contributed by atoms with Crippen molar-refractivity contribution in [2.45, 2.75) is 26.8 Å². The molecule has 4 nitrogen and oxygen atoms in total. The van der Waals surface area contributed by atoms with Crippen molar-refractivity contribution in [3.05, 3.63) is 65.0 Å². The van der Waals surface area contributed by atoms with Gasteiger partial charge in [0.15, 0.2) is 5.96 Å². The smallest absolute Gasteiger partial charge is 0.191 e. The van der Waals surface area contributed by atoms with E-state index in [2.05, 4.69) is 52.7 Å². The number of hydrogen-bond acceptors (Lipinski definition) is 2. The van der Waals surface area contributed by atoms with Crippen LogP contribution in [0.5, 0.6) is 0 Å². The van der Waals surface area contributed by atoms with Gasteiger partial charge in [-0.1, -0.05) is 35.4 Å². The minimum absolute atomic E-state index is 0.671. The number of aromatic nitrogens is 1. The topological polar surface area (TPSA) is 49.3 Å². The Morgan fingerprint density at radius 2 is 1.86 bits per heavy atom. The Hall–Kier alpha value is -2.36. The Morgan fingerprint density at radius 1 is 1.09 bits per heavy atom. The van der Waals surface area contributed by atoms with E-state index in [1.54, 1.807) is 13.2 Å². The van der Waals surface area contributed by atoms with Crippen LogP contribution in [-0.4, -0.2) is 24.5 Å². The number of rotatable bonds is 5. The van der Waals surface area contributed by atoms with Crippen molar-refractivity contribution in [3.63, 3.8) is 0 Å². The second kappa shape index (κ2) is 8.17. The van der Waals surface area contributed by atoms with Crippen molar-refractivity contribution in [3.8, 4) is 0 Å². The van der Waals surface area contributed by atoms with Crippen LogP contribution < -0.4 is 10.6 Å². The monoisotopic (exact) mass is 296 g/mol. The number of pyridine rings is 1. The van der Waals surface area contributed by atoms with Crippen LogP contribution in [0.2, 0.25) is 0 Å². The summed E-state index contributed by atoms with van der Waals surface area (Å²) in [7, 11) is 1.78. The highest BCUT2D eigenvalue weighted by atomic mass is 15.2. The summed E-state index contributed by atoms with van der Waals surface area (Å²) in [4.78, 5) is 8.52. The second-order valence-corrected chi connectivity index (χ2v) is 5.42. The standard InChI is InChI=1S/C18H24N4/c1-14-10-15(2)12-16(11-14)7-9-21-18(19-3)22-13-17-6-4-5-8-20-17/h4-6,8,10-12H,7,9,13H2,1-3H3,(H2,19,21,22). The third-order valence-electron chi connectivity index (χ3n) is 3.37. The molecule has 0 aliphatic rings. The summed E-state index contributed by atoms with van der Waals surface area (Å²) in [5.41, 5.74) is 4.98. The second-order valence-electron chi connectivity index (χ2n) is 5.42. The molecule has 2 rings (SSSR count). The molecule has 0 fully saturated rings. The van der Waals surface area contributed by atoms with Gasteiger partial charge < -0.3 is 10.6 Å². The molecule has 1 heterocycles. The van der Waals surface area contributed by atoms with Gasteiger partial charge in [-0.2, -0.15) is 0 Å². The molecule has 1 aromatic carbocycles. The SMILES string of the molecule is CN=C(NCCc1cc(C)cc(C)c1)NCc1ccccn1. The van der Waals surface area contributed by atoms with Crippen LogP contribution in [0.25, 0.3) is 0 Å². The van der Waals surface area contributed by atoms with E-state index < -0.39 is 0 Å². The molecule has 0 amide bonds. The molecule has 0 aliphatic heterocycles. The van der Waals surface area contributed by atoms with Crippen molar-refractivity contribution < 1.29 is 0 Å². The molecule has 4 heteroatoms. The summed E-state index contributed by atoms with van der Waals surface area (Å²) >= 11 is 0. The van der Waals surface area contributed by atoms with Crippen molar-refractivity contribution in [1.29, 1.82) is 0 Å². The van der Waals surface area contributed by atoms with E-state index in [0.29, 0.717) is 6.54 Å². The normalized spacial score (nSPS) is 11.3. The van der Waals surface area contributed by atoms with Gasteiger partial charge in [0.25, 0.3) is 0 Å². The first-order chi connectivity index (χ1) is 10.7. The first kappa shape index (κ1) is 16.0. The zero-order valence-electron chi connectivity index (χ0n) is 13.6. The fourth-order valence-corrected chi connectivity index (χ4v) is 2.44. The van der Waals surface area contributed by atoms with Gasteiger partial charge in [0, 0.05) is 19.8 Å². The fraction of sp³-hybridized carbons (Fsp3) is 0.333. The molecular formula is C18H24N4. The Bertz CT molecular complexity index is 600. The third kappa shape index (κ3) is 5.20. The van der Waals surface area contributed by atoms with Crippen molar-refractivity contribution in [2.24, 2.45) is 4.99 Å². The maximum absolute atomic E-state index is 4.29. The molecule has 0 saturated heterocycles. The molecule has 0 unspecified atom stereocenters. The van der Waals surface area contributed by atoms with Gasteiger partial charge in [0.1, 0.15) is 0 Å². The van der Waals surface area contributed by atoms with Crippen LogP contribution in [0.15, 0.2) is 47.6 Å². The largest absolute Gasteiger partial charge is 0.356 e. The molecule has 2 aromatic rings. The van der Waals surface area contributed by atoms with E-state index in [0.717, 1.165) is 24.6 Å². The lowest BCUT2D eigenvalue weighted by Gasteiger charge is -2.12. The lowest BCUT2D eigenvalue weighted by molar-refractivity contribution is 0.783. The fourth-order valence-electron chi connectivity index (χ4n) is 2.44. The average molecular weight is 296 g/mol. The van der Waals surface area contributed by atoms with Gasteiger partial charge in [-0.05, 0) is 38.0 Å². The Kier molecular flexibility index (Phi) is 5.95. The van der Waals surface area contributed by atoms with E-state index in [-0.39, 0.29) is 0 Å². The van der Waals surface area contributed by atoms with E-state index >= 15 is 0 Å². The van der Waals surface area contributed by atoms with Gasteiger partial charge in [0.05, 0.1) is 12.2 Å². The number of guanidine groups is 1. The zero-order chi connectivity index (χ0) is 15.8. The molecule has 0 atom stereocenters. The van der Waals surface area contributed by atoms with Crippen LogP contribution >= 0.6 is 0 Å². The van der Waals surface area contributed by atoms with E-state index in [9.17, 15) is 0 Å². The summed E-state index contributed by atoms with van der Waals surface area (Å²) in [6.45, 7) is 5.80. The lowest BCUT2D eigenvalue weighted by Crippen LogP contribution is -2.38. The Labute approximate surface area is 132 Å². The van der Waals surface area contributed by atoms with Crippen molar-refractivity contribution >= 4 is 5.96 Å². The molecule has 1 aromatic heterocycles. The van der Waals surface area contributed by atoms with Gasteiger partial charge in [-0.3, -0.25) is 9.98 Å². The van der Waals surface area contributed by atoms with Crippen LogP contribution in [-0.2, 0) is 13.0 Å². The molecule has 116 valence electrons. The number of nitrogens with zero attached hydrogens (tertiary/aromatic N) is 2. The molecule has 22 heavy (non-hydrogen) atoms. The summed E-state index contributed by atoms with van der Waals surface area (Å²) in [5, 5.41) is 6.61.